The van der Waals surface area contributed by atoms with Crippen molar-refractivity contribution in [3.8, 4) is 11.5 Å². The fraction of sp³-hybridized carbons (Fsp3) is 0.250. The van der Waals surface area contributed by atoms with E-state index >= 15 is 0 Å². The highest BCUT2D eigenvalue weighted by Gasteiger charge is 2.54. The second kappa shape index (κ2) is 10.1. The van der Waals surface area contributed by atoms with Crippen LogP contribution in [-0.2, 0) is 21.7 Å². The zero-order valence-electron chi connectivity index (χ0n) is 20.8. The molecular weight excluding hydrogens is 458 g/mol. The Morgan fingerprint density at radius 2 is 1.42 bits per heavy atom. The van der Waals surface area contributed by atoms with E-state index in [1.54, 1.807) is 69.8 Å². The summed E-state index contributed by atoms with van der Waals surface area (Å²) in [5.41, 5.74) is 1.66. The molecule has 0 aromatic heterocycles. The highest BCUT2D eigenvalue weighted by molar-refractivity contribution is 6.11. The fourth-order valence-electron chi connectivity index (χ4n) is 4.35. The topological polar surface area (TPSA) is 88.2 Å². The number of likely N-dealkylation sites (N-methyl/N-ethyl adjacent to an activating group) is 1. The van der Waals surface area contributed by atoms with E-state index < -0.39 is 17.5 Å². The molecule has 0 radical (unpaired) electrons. The number of aryl methyl sites for hydroxylation is 1. The van der Waals surface area contributed by atoms with Crippen molar-refractivity contribution in [3.63, 3.8) is 0 Å². The standard InChI is InChI=1S/C28H29N3O5/c1-19-7-5-6-8-20(19)17-30(2)25(32)18-31-26(33)28(29-27(31)34,21-9-13-23(35-3)14-10-21)22-11-15-24(36-4)16-12-22/h5-16H,17-18H2,1-4H3,(H,29,34). The van der Waals surface area contributed by atoms with Gasteiger partial charge >= 0.3 is 6.03 Å². The average Bonchev–Trinajstić information content (AvgIpc) is 3.15. The van der Waals surface area contributed by atoms with Gasteiger partial charge in [-0.1, -0.05) is 48.5 Å². The Hall–Kier alpha value is -4.33. The first kappa shape index (κ1) is 24.8. The molecule has 1 aliphatic rings. The molecule has 0 atom stereocenters. The zero-order valence-corrected chi connectivity index (χ0v) is 20.8. The number of hydrogen-bond donors (Lipinski definition) is 1. The number of carbonyl (C=O) groups is 3. The summed E-state index contributed by atoms with van der Waals surface area (Å²) in [6, 6.07) is 21.0. The molecule has 4 rings (SSSR count). The molecule has 1 fully saturated rings. The number of imide groups is 1. The lowest BCUT2D eigenvalue weighted by molar-refractivity contribution is -0.138. The van der Waals surface area contributed by atoms with Gasteiger partial charge in [-0.2, -0.15) is 0 Å². The Morgan fingerprint density at radius 3 is 1.92 bits per heavy atom. The van der Waals surface area contributed by atoms with Crippen molar-refractivity contribution in [2.45, 2.75) is 19.0 Å². The molecule has 1 aliphatic heterocycles. The summed E-state index contributed by atoms with van der Waals surface area (Å²) in [6.07, 6.45) is 0. The third-order valence-corrected chi connectivity index (χ3v) is 6.54. The highest BCUT2D eigenvalue weighted by atomic mass is 16.5. The van der Waals surface area contributed by atoms with Crippen molar-refractivity contribution in [3.05, 3.63) is 95.1 Å². The van der Waals surface area contributed by atoms with Crippen molar-refractivity contribution in [1.82, 2.24) is 15.1 Å². The highest BCUT2D eigenvalue weighted by Crippen LogP contribution is 2.37. The number of amides is 4. The molecule has 0 spiro atoms. The normalized spacial score (nSPS) is 14.4. The maximum atomic E-state index is 13.9. The minimum Gasteiger partial charge on any atom is -0.497 e. The molecule has 0 bridgehead atoms. The number of ether oxygens (including phenoxy) is 2. The molecule has 3 aromatic carbocycles. The Kier molecular flexibility index (Phi) is 6.96. The van der Waals surface area contributed by atoms with Crippen LogP contribution in [0.5, 0.6) is 11.5 Å². The first-order valence-electron chi connectivity index (χ1n) is 11.5. The molecule has 0 saturated carbocycles. The van der Waals surface area contributed by atoms with Gasteiger partial charge in [0.15, 0.2) is 5.54 Å². The van der Waals surface area contributed by atoms with Gasteiger partial charge in [0.2, 0.25) is 5.91 Å². The molecule has 8 nitrogen and oxygen atoms in total. The molecule has 3 aromatic rings. The Balaban J connectivity index is 1.65. The number of rotatable bonds is 8. The number of methoxy groups -OCH3 is 2. The molecule has 1 saturated heterocycles. The van der Waals surface area contributed by atoms with Gasteiger partial charge in [0.1, 0.15) is 18.0 Å². The van der Waals surface area contributed by atoms with Crippen LogP contribution in [0.4, 0.5) is 4.79 Å². The van der Waals surface area contributed by atoms with E-state index in [9.17, 15) is 14.4 Å². The summed E-state index contributed by atoms with van der Waals surface area (Å²) in [6.45, 7) is 1.97. The van der Waals surface area contributed by atoms with E-state index in [4.69, 9.17) is 9.47 Å². The van der Waals surface area contributed by atoms with Gasteiger partial charge in [-0.25, -0.2) is 4.79 Å². The van der Waals surface area contributed by atoms with Gasteiger partial charge in [-0.3, -0.25) is 14.5 Å². The molecule has 8 heteroatoms. The van der Waals surface area contributed by atoms with E-state index in [1.165, 1.54) is 4.90 Å². The van der Waals surface area contributed by atoms with E-state index in [-0.39, 0.29) is 12.5 Å². The molecule has 186 valence electrons. The molecule has 1 heterocycles. The summed E-state index contributed by atoms with van der Waals surface area (Å²) in [4.78, 5) is 42.6. The smallest absolute Gasteiger partial charge is 0.326 e. The summed E-state index contributed by atoms with van der Waals surface area (Å²) in [5.74, 6) is 0.359. The third kappa shape index (κ3) is 4.49. The van der Waals surface area contributed by atoms with Crippen LogP contribution in [0.15, 0.2) is 72.8 Å². The first-order valence-corrected chi connectivity index (χ1v) is 11.5. The predicted octanol–water partition coefficient (Wildman–Crippen LogP) is 3.47. The lowest BCUT2D eigenvalue weighted by Gasteiger charge is -2.28. The van der Waals surface area contributed by atoms with E-state index in [0.717, 1.165) is 16.0 Å². The first-order chi connectivity index (χ1) is 17.3. The van der Waals surface area contributed by atoms with E-state index in [2.05, 4.69) is 5.32 Å². The van der Waals surface area contributed by atoms with Crippen LogP contribution in [0.2, 0.25) is 0 Å². The van der Waals surface area contributed by atoms with Gasteiger partial charge in [0.05, 0.1) is 14.2 Å². The molecular formula is C28H29N3O5. The molecule has 4 amide bonds. The third-order valence-electron chi connectivity index (χ3n) is 6.54. The molecule has 0 unspecified atom stereocenters. The van der Waals surface area contributed by atoms with Crippen LogP contribution >= 0.6 is 0 Å². The Labute approximate surface area is 210 Å². The van der Waals surface area contributed by atoms with Crippen molar-refractivity contribution < 1.29 is 23.9 Å². The second-order valence-electron chi connectivity index (χ2n) is 8.70. The molecule has 0 aliphatic carbocycles. The van der Waals surface area contributed by atoms with Gasteiger partial charge in [0, 0.05) is 13.6 Å². The van der Waals surface area contributed by atoms with Crippen LogP contribution in [0.1, 0.15) is 22.3 Å². The van der Waals surface area contributed by atoms with Gasteiger partial charge in [-0.15, -0.1) is 0 Å². The van der Waals surface area contributed by atoms with Crippen molar-refractivity contribution >= 4 is 17.8 Å². The maximum Gasteiger partial charge on any atom is 0.326 e. The minimum atomic E-state index is -1.50. The largest absolute Gasteiger partial charge is 0.497 e. The summed E-state index contributed by atoms with van der Waals surface area (Å²) < 4.78 is 10.5. The van der Waals surface area contributed by atoms with Crippen LogP contribution < -0.4 is 14.8 Å². The SMILES string of the molecule is COc1ccc(C2(c3ccc(OC)cc3)NC(=O)N(CC(=O)N(C)Cc3ccccc3C)C2=O)cc1. The second-order valence-corrected chi connectivity index (χ2v) is 8.70. The molecule has 36 heavy (non-hydrogen) atoms. The quantitative estimate of drug-likeness (QED) is 0.492. The van der Waals surface area contributed by atoms with Crippen molar-refractivity contribution in [2.24, 2.45) is 0 Å². The number of carbonyl (C=O) groups excluding carboxylic acids is 3. The van der Waals surface area contributed by atoms with E-state index in [1.807, 2.05) is 31.2 Å². The maximum absolute atomic E-state index is 13.9. The van der Waals surface area contributed by atoms with Crippen LogP contribution in [0, 0.1) is 6.92 Å². The van der Waals surface area contributed by atoms with Crippen molar-refractivity contribution in [1.29, 1.82) is 0 Å². The average molecular weight is 488 g/mol. The van der Waals surface area contributed by atoms with Crippen LogP contribution in [0.3, 0.4) is 0 Å². The van der Waals surface area contributed by atoms with Crippen molar-refractivity contribution in [2.75, 3.05) is 27.8 Å². The fourth-order valence-corrected chi connectivity index (χ4v) is 4.35. The predicted molar refractivity (Wildman–Crippen MR) is 135 cm³/mol. The Morgan fingerprint density at radius 1 is 0.889 bits per heavy atom. The van der Waals surface area contributed by atoms with E-state index in [0.29, 0.717) is 29.2 Å². The lowest BCUT2D eigenvalue weighted by Crippen LogP contribution is -2.46. The van der Waals surface area contributed by atoms with Gasteiger partial charge in [0.25, 0.3) is 5.91 Å². The monoisotopic (exact) mass is 487 g/mol. The molecule has 1 N–H and O–H groups in total. The van der Waals surface area contributed by atoms with Gasteiger partial charge in [-0.05, 0) is 53.4 Å². The number of urea groups is 1. The Bertz CT molecular complexity index is 1220. The number of nitrogens with one attached hydrogen (secondary N) is 1. The number of benzene rings is 3. The summed E-state index contributed by atoms with van der Waals surface area (Å²) >= 11 is 0. The number of nitrogens with zero attached hydrogens (tertiary/aromatic N) is 2. The van der Waals surface area contributed by atoms with Crippen LogP contribution in [0.25, 0.3) is 0 Å². The summed E-state index contributed by atoms with van der Waals surface area (Å²) in [7, 11) is 4.77. The summed E-state index contributed by atoms with van der Waals surface area (Å²) in [5, 5.41) is 2.86. The van der Waals surface area contributed by atoms with Crippen LogP contribution in [-0.4, -0.2) is 55.5 Å². The zero-order chi connectivity index (χ0) is 25.9. The lowest BCUT2D eigenvalue weighted by atomic mass is 9.82. The van der Waals surface area contributed by atoms with Gasteiger partial charge < -0.3 is 19.7 Å². The number of hydrogen-bond acceptors (Lipinski definition) is 5. The minimum absolute atomic E-state index is 0.345.